The van der Waals surface area contributed by atoms with Crippen molar-refractivity contribution in [3.05, 3.63) is 39.9 Å². The van der Waals surface area contributed by atoms with Crippen LogP contribution in [0.4, 0.5) is 5.69 Å². The highest BCUT2D eigenvalue weighted by Crippen LogP contribution is 2.26. The predicted octanol–water partition coefficient (Wildman–Crippen LogP) is 2.17. The van der Waals surface area contributed by atoms with E-state index >= 15 is 0 Å². The Labute approximate surface area is 117 Å². The maximum absolute atomic E-state index is 12.1. The monoisotopic (exact) mass is 347 g/mol. The number of nitrogens with two attached hydrogens (primary N) is 1. The van der Waals surface area contributed by atoms with E-state index in [1.165, 1.54) is 12.4 Å². The molecule has 0 saturated carbocycles. The number of sulfonamides is 1. The minimum absolute atomic E-state index is 0.242. The molecule has 0 fully saturated rings. The number of halogens is 1. The first kappa shape index (κ1) is 13.5. The minimum atomic E-state index is -3.57. The summed E-state index contributed by atoms with van der Waals surface area (Å²) in [5.41, 5.74) is 5.91. The molecular weight excluding hydrogens is 338 g/mol. The number of rotatable bonds is 4. The molecule has 0 aliphatic carbocycles. The van der Waals surface area contributed by atoms with Crippen LogP contribution in [0, 0.1) is 0 Å². The highest BCUT2D eigenvalue weighted by molar-refractivity contribution is 9.10. The third-order valence-electron chi connectivity index (χ3n) is 2.12. The molecule has 18 heavy (non-hydrogen) atoms. The van der Waals surface area contributed by atoms with Gasteiger partial charge in [-0.2, -0.15) is 0 Å². The maximum Gasteiger partial charge on any atom is 0.271 e. The molecule has 8 heteroatoms. The summed E-state index contributed by atoms with van der Waals surface area (Å²) in [5, 5.41) is 0. The molecule has 5 nitrogen and oxygen atoms in total. The van der Waals surface area contributed by atoms with E-state index in [0.29, 0.717) is 16.7 Å². The van der Waals surface area contributed by atoms with Crippen molar-refractivity contribution in [2.75, 3.05) is 4.72 Å². The number of nitrogens with one attached hydrogen (secondary N) is 1. The molecule has 2 aromatic rings. The van der Waals surface area contributed by atoms with Crippen molar-refractivity contribution in [3.8, 4) is 0 Å². The van der Waals surface area contributed by atoms with E-state index in [4.69, 9.17) is 5.73 Å². The molecule has 2 rings (SSSR count). The molecule has 0 spiro atoms. The van der Waals surface area contributed by atoms with Crippen LogP contribution >= 0.6 is 27.3 Å². The largest absolute Gasteiger partial charge is 0.326 e. The fourth-order valence-corrected chi connectivity index (χ4v) is 4.06. The van der Waals surface area contributed by atoms with Gasteiger partial charge in [-0.3, -0.25) is 9.71 Å². The van der Waals surface area contributed by atoms with E-state index in [2.05, 4.69) is 25.6 Å². The van der Waals surface area contributed by atoms with Crippen LogP contribution < -0.4 is 10.5 Å². The summed E-state index contributed by atoms with van der Waals surface area (Å²) < 4.78 is 27.5. The second kappa shape index (κ2) is 5.35. The first-order valence-electron chi connectivity index (χ1n) is 4.94. The van der Waals surface area contributed by atoms with Crippen molar-refractivity contribution in [1.29, 1.82) is 0 Å². The van der Waals surface area contributed by atoms with Crippen LogP contribution in [-0.4, -0.2) is 13.4 Å². The lowest BCUT2D eigenvalue weighted by Crippen LogP contribution is -2.11. The van der Waals surface area contributed by atoms with Gasteiger partial charge in [-0.1, -0.05) is 0 Å². The van der Waals surface area contributed by atoms with Crippen molar-refractivity contribution in [2.24, 2.45) is 5.73 Å². The average Bonchev–Trinajstić information content (AvgIpc) is 2.81. The Balaban J connectivity index is 2.30. The molecule has 0 aliphatic rings. The second-order valence-electron chi connectivity index (χ2n) is 3.39. The third-order valence-corrected chi connectivity index (χ3v) is 5.72. The molecule has 96 valence electrons. The van der Waals surface area contributed by atoms with Gasteiger partial charge < -0.3 is 5.73 Å². The Morgan fingerprint density at radius 2 is 2.17 bits per heavy atom. The summed E-state index contributed by atoms with van der Waals surface area (Å²) in [5.74, 6) is 0. The normalized spacial score (nSPS) is 11.4. The van der Waals surface area contributed by atoms with Gasteiger partial charge in [0.1, 0.15) is 4.21 Å². The molecule has 0 saturated heterocycles. The Hall–Kier alpha value is -0.960. The van der Waals surface area contributed by atoms with Crippen LogP contribution in [0.1, 0.15) is 4.88 Å². The molecule has 0 aromatic carbocycles. The van der Waals surface area contributed by atoms with E-state index in [1.807, 2.05) is 0 Å². The lowest BCUT2D eigenvalue weighted by Gasteiger charge is -2.07. The van der Waals surface area contributed by atoms with Crippen LogP contribution in [0.25, 0.3) is 0 Å². The molecule has 0 amide bonds. The zero-order chi connectivity index (χ0) is 13.2. The summed E-state index contributed by atoms with van der Waals surface area (Å²) in [4.78, 5) is 4.69. The van der Waals surface area contributed by atoms with Crippen molar-refractivity contribution < 1.29 is 8.42 Å². The molecule has 0 bridgehead atoms. The zero-order valence-electron chi connectivity index (χ0n) is 9.13. The first-order valence-corrected chi connectivity index (χ1v) is 8.03. The molecule has 2 heterocycles. The van der Waals surface area contributed by atoms with Gasteiger partial charge in [0, 0.05) is 23.8 Å². The Morgan fingerprint density at radius 1 is 1.39 bits per heavy atom. The molecule has 2 aromatic heterocycles. The summed E-state index contributed by atoms with van der Waals surface area (Å²) in [7, 11) is -3.57. The van der Waals surface area contributed by atoms with E-state index in [9.17, 15) is 8.42 Å². The fourth-order valence-electron chi connectivity index (χ4n) is 1.27. The Morgan fingerprint density at radius 3 is 2.78 bits per heavy atom. The minimum Gasteiger partial charge on any atom is -0.326 e. The lowest BCUT2D eigenvalue weighted by molar-refractivity contribution is 0.603. The predicted molar refractivity (Wildman–Crippen MR) is 75.0 cm³/mol. The van der Waals surface area contributed by atoms with Crippen LogP contribution in [0.5, 0.6) is 0 Å². The topological polar surface area (TPSA) is 85.1 Å². The average molecular weight is 348 g/mol. The van der Waals surface area contributed by atoms with Gasteiger partial charge >= 0.3 is 0 Å². The Kier molecular flexibility index (Phi) is 4.00. The van der Waals surface area contributed by atoms with E-state index in [-0.39, 0.29) is 4.21 Å². The van der Waals surface area contributed by atoms with E-state index in [1.54, 1.807) is 18.2 Å². The highest BCUT2D eigenvalue weighted by atomic mass is 79.9. The van der Waals surface area contributed by atoms with Crippen molar-refractivity contribution in [1.82, 2.24) is 4.98 Å². The zero-order valence-corrected chi connectivity index (χ0v) is 12.3. The number of hydrogen-bond donors (Lipinski definition) is 2. The standard InChI is InChI=1S/C10H10BrN3O2S2/c11-8-6-13-4-3-9(8)14-18(15,16)10-2-1-7(5-12)17-10/h1-4,6H,5,12H2,(H,13,14). The maximum atomic E-state index is 12.1. The second-order valence-corrected chi connectivity index (χ2v) is 7.32. The highest BCUT2D eigenvalue weighted by Gasteiger charge is 2.17. The van der Waals surface area contributed by atoms with Gasteiger partial charge in [-0.15, -0.1) is 11.3 Å². The van der Waals surface area contributed by atoms with Crippen LogP contribution in [0.2, 0.25) is 0 Å². The van der Waals surface area contributed by atoms with Crippen molar-refractivity contribution in [3.63, 3.8) is 0 Å². The number of pyridine rings is 1. The van der Waals surface area contributed by atoms with Crippen LogP contribution in [0.15, 0.2) is 39.3 Å². The summed E-state index contributed by atoms with van der Waals surface area (Å²) in [6.45, 7) is 0.332. The fraction of sp³-hybridized carbons (Fsp3) is 0.100. The number of nitrogens with zero attached hydrogens (tertiary/aromatic N) is 1. The number of thiophene rings is 1. The Bertz CT molecular complexity index is 655. The SMILES string of the molecule is NCc1ccc(S(=O)(=O)Nc2ccncc2Br)s1. The molecule has 0 radical (unpaired) electrons. The number of anilines is 1. The van der Waals surface area contributed by atoms with E-state index in [0.717, 1.165) is 16.2 Å². The molecule has 0 aliphatic heterocycles. The van der Waals surface area contributed by atoms with Gasteiger partial charge in [0.25, 0.3) is 10.0 Å². The van der Waals surface area contributed by atoms with Gasteiger partial charge in [0.15, 0.2) is 0 Å². The number of hydrogen-bond acceptors (Lipinski definition) is 5. The molecule has 3 N–H and O–H groups in total. The summed E-state index contributed by atoms with van der Waals surface area (Å²) >= 11 is 4.39. The van der Waals surface area contributed by atoms with Gasteiger partial charge in [-0.25, -0.2) is 8.42 Å². The quantitative estimate of drug-likeness (QED) is 0.887. The molecule has 0 unspecified atom stereocenters. The first-order chi connectivity index (χ1) is 8.53. The smallest absolute Gasteiger partial charge is 0.271 e. The van der Waals surface area contributed by atoms with Crippen molar-refractivity contribution in [2.45, 2.75) is 10.8 Å². The lowest BCUT2D eigenvalue weighted by atomic mass is 10.4. The van der Waals surface area contributed by atoms with Crippen molar-refractivity contribution >= 4 is 43.0 Å². The van der Waals surface area contributed by atoms with Gasteiger partial charge in [0.05, 0.1) is 10.2 Å². The summed E-state index contributed by atoms with van der Waals surface area (Å²) in [6, 6.07) is 4.84. The van der Waals surface area contributed by atoms with Gasteiger partial charge in [0.2, 0.25) is 0 Å². The van der Waals surface area contributed by atoms with E-state index < -0.39 is 10.0 Å². The van der Waals surface area contributed by atoms with Crippen LogP contribution in [0.3, 0.4) is 0 Å². The third kappa shape index (κ3) is 2.89. The molecular formula is C10H10BrN3O2S2. The number of aromatic nitrogens is 1. The molecule has 0 atom stereocenters. The van der Waals surface area contributed by atoms with Crippen LogP contribution in [-0.2, 0) is 16.6 Å². The summed E-state index contributed by atoms with van der Waals surface area (Å²) in [6.07, 6.45) is 3.04. The van der Waals surface area contributed by atoms with Gasteiger partial charge in [-0.05, 0) is 34.1 Å².